The van der Waals surface area contributed by atoms with E-state index in [1.807, 2.05) is 0 Å². The van der Waals surface area contributed by atoms with Gasteiger partial charge in [0.1, 0.15) is 0 Å². The minimum Gasteiger partial charge on any atom is -0.381 e. The Kier molecular flexibility index (Phi) is 5.65. The van der Waals surface area contributed by atoms with Gasteiger partial charge in [0.25, 0.3) is 0 Å². The minimum absolute atomic E-state index is 0.165. The Morgan fingerprint density at radius 2 is 2.00 bits per heavy atom. The van der Waals surface area contributed by atoms with E-state index < -0.39 is 0 Å². The van der Waals surface area contributed by atoms with Crippen LogP contribution >= 0.6 is 0 Å². The molecule has 1 rings (SSSR count). The molecule has 1 aliphatic heterocycles. The summed E-state index contributed by atoms with van der Waals surface area (Å²) in [6.45, 7) is 7.20. The van der Waals surface area contributed by atoms with E-state index in [0.29, 0.717) is 12.6 Å². The summed E-state index contributed by atoms with van der Waals surface area (Å²) in [5, 5.41) is 6.22. The minimum atomic E-state index is 0.165. The molecule has 1 amide bonds. The Hall–Kier alpha value is -0.610. The van der Waals surface area contributed by atoms with Crippen LogP contribution in [0.3, 0.4) is 0 Å². The standard InChI is InChI=1S/C11H22N2O2/c1-9(2)12-5-6-13-11(14)10-3-7-15-8-4-10/h9-10,12H,3-8H2,1-2H3,(H,13,14). The van der Waals surface area contributed by atoms with Gasteiger partial charge in [-0.15, -0.1) is 0 Å². The smallest absolute Gasteiger partial charge is 0.223 e. The molecule has 2 N–H and O–H groups in total. The van der Waals surface area contributed by atoms with Crippen molar-refractivity contribution in [2.45, 2.75) is 32.7 Å². The molecule has 0 aliphatic carbocycles. The van der Waals surface area contributed by atoms with Crippen molar-refractivity contribution in [2.75, 3.05) is 26.3 Å². The first-order valence-corrected chi connectivity index (χ1v) is 5.79. The van der Waals surface area contributed by atoms with Gasteiger partial charge < -0.3 is 15.4 Å². The summed E-state index contributed by atoms with van der Waals surface area (Å²) in [5.41, 5.74) is 0. The molecule has 0 atom stereocenters. The first-order valence-electron chi connectivity index (χ1n) is 5.79. The van der Waals surface area contributed by atoms with Gasteiger partial charge in [-0.1, -0.05) is 13.8 Å². The summed E-state index contributed by atoms with van der Waals surface area (Å²) in [6.07, 6.45) is 1.73. The van der Waals surface area contributed by atoms with Crippen LogP contribution in [0.1, 0.15) is 26.7 Å². The Balaban J connectivity index is 2.07. The summed E-state index contributed by atoms with van der Waals surface area (Å²) in [7, 11) is 0. The zero-order chi connectivity index (χ0) is 11.1. The molecule has 15 heavy (non-hydrogen) atoms. The van der Waals surface area contributed by atoms with E-state index in [2.05, 4.69) is 24.5 Å². The topological polar surface area (TPSA) is 50.4 Å². The van der Waals surface area contributed by atoms with E-state index >= 15 is 0 Å². The lowest BCUT2D eigenvalue weighted by Crippen LogP contribution is -2.39. The maximum Gasteiger partial charge on any atom is 0.223 e. The van der Waals surface area contributed by atoms with Gasteiger partial charge in [0.05, 0.1) is 0 Å². The first-order chi connectivity index (χ1) is 7.20. The van der Waals surface area contributed by atoms with E-state index in [1.165, 1.54) is 0 Å². The second-order valence-electron chi connectivity index (χ2n) is 4.29. The zero-order valence-electron chi connectivity index (χ0n) is 9.71. The van der Waals surface area contributed by atoms with Gasteiger partial charge in [0.2, 0.25) is 5.91 Å². The van der Waals surface area contributed by atoms with Crippen molar-refractivity contribution >= 4 is 5.91 Å². The van der Waals surface area contributed by atoms with E-state index in [0.717, 1.165) is 32.6 Å². The fourth-order valence-corrected chi connectivity index (χ4v) is 1.65. The molecule has 4 heteroatoms. The molecule has 1 saturated heterocycles. The molecule has 1 fully saturated rings. The predicted molar refractivity (Wildman–Crippen MR) is 59.7 cm³/mol. The summed E-state index contributed by atoms with van der Waals surface area (Å²) in [5.74, 6) is 0.349. The predicted octanol–water partition coefficient (Wildman–Crippen LogP) is 0.527. The number of carbonyl (C=O) groups is 1. The fourth-order valence-electron chi connectivity index (χ4n) is 1.65. The third-order valence-corrected chi connectivity index (χ3v) is 2.57. The van der Waals surface area contributed by atoms with Crippen molar-refractivity contribution in [1.29, 1.82) is 0 Å². The van der Waals surface area contributed by atoms with Crippen LogP contribution in [0, 0.1) is 5.92 Å². The van der Waals surface area contributed by atoms with Gasteiger partial charge in [-0.3, -0.25) is 4.79 Å². The average molecular weight is 214 g/mol. The molecule has 1 heterocycles. The number of amides is 1. The van der Waals surface area contributed by atoms with Gasteiger partial charge in [-0.2, -0.15) is 0 Å². The van der Waals surface area contributed by atoms with E-state index in [-0.39, 0.29) is 11.8 Å². The molecule has 0 bridgehead atoms. The lowest BCUT2D eigenvalue weighted by molar-refractivity contribution is -0.127. The van der Waals surface area contributed by atoms with Crippen LogP contribution in [-0.4, -0.2) is 38.3 Å². The largest absolute Gasteiger partial charge is 0.381 e. The van der Waals surface area contributed by atoms with Gasteiger partial charge >= 0.3 is 0 Å². The van der Waals surface area contributed by atoms with Gasteiger partial charge in [0.15, 0.2) is 0 Å². The van der Waals surface area contributed by atoms with Crippen molar-refractivity contribution in [1.82, 2.24) is 10.6 Å². The number of rotatable bonds is 5. The summed E-state index contributed by atoms with van der Waals surface area (Å²) in [6, 6.07) is 0.477. The molecule has 4 nitrogen and oxygen atoms in total. The molecule has 0 radical (unpaired) electrons. The quantitative estimate of drug-likeness (QED) is 0.656. The average Bonchev–Trinajstić information content (AvgIpc) is 2.25. The van der Waals surface area contributed by atoms with Crippen molar-refractivity contribution in [2.24, 2.45) is 5.92 Å². The van der Waals surface area contributed by atoms with Crippen molar-refractivity contribution in [3.8, 4) is 0 Å². The van der Waals surface area contributed by atoms with Gasteiger partial charge in [-0.25, -0.2) is 0 Å². The highest BCUT2D eigenvalue weighted by Gasteiger charge is 2.20. The normalized spacial score (nSPS) is 18.1. The maximum absolute atomic E-state index is 11.6. The van der Waals surface area contributed by atoms with Crippen LogP contribution in [-0.2, 0) is 9.53 Å². The van der Waals surface area contributed by atoms with Crippen LogP contribution in [0.15, 0.2) is 0 Å². The van der Waals surface area contributed by atoms with Crippen LogP contribution in [0.5, 0.6) is 0 Å². The summed E-state index contributed by atoms with van der Waals surface area (Å²) >= 11 is 0. The fraction of sp³-hybridized carbons (Fsp3) is 0.909. The van der Waals surface area contributed by atoms with Crippen LogP contribution < -0.4 is 10.6 Å². The number of hydrogen-bond donors (Lipinski definition) is 2. The van der Waals surface area contributed by atoms with E-state index in [4.69, 9.17) is 4.74 Å². The zero-order valence-corrected chi connectivity index (χ0v) is 9.71. The van der Waals surface area contributed by atoms with Gasteiger partial charge in [-0.05, 0) is 12.8 Å². The Morgan fingerprint density at radius 1 is 1.33 bits per heavy atom. The Labute approximate surface area is 91.8 Å². The number of hydrogen-bond acceptors (Lipinski definition) is 3. The second kappa shape index (κ2) is 6.80. The SMILES string of the molecule is CC(C)NCCNC(=O)C1CCOCC1. The summed E-state index contributed by atoms with van der Waals surface area (Å²) in [4.78, 5) is 11.6. The van der Waals surface area contributed by atoms with Gasteiger partial charge in [0, 0.05) is 38.3 Å². The third-order valence-electron chi connectivity index (χ3n) is 2.57. The van der Waals surface area contributed by atoms with Crippen LogP contribution in [0.2, 0.25) is 0 Å². The molecule has 0 aromatic carbocycles. The molecule has 0 aromatic rings. The first kappa shape index (κ1) is 12.5. The van der Waals surface area contributed by atoms with E-state index in [1.54, 1.807) is 0 Å². The number of nitrogens with one attached hydrogen (secondary N) is 2. The van der Waals surface area contributed by atoms with E-state index in [9.17, 15) is 4.79 Å². The summed E-state index contributed by atoms with van der Waals surface area (Å²) < 4.78 is 5.21. The van der Waals surface area contributed by atoms with Crippen LogP contribution in [0.25, 0.3) is 0 Å². The lowest BCUT2D eigenvalue weighted by atomic mass is 9.99. The monoisotopic (exact) mass is 214 g/mol. The second-order valence-corrected chi connectivity index (χ2v) is 4.29. The Bertz CT molecular complexity index is 189. The number of ether oxygens (including phenoxy) is 1. The molecular weight excluding hydrogens is 192 g/mol. The van der Waals surface area contributed by atoms with Crippen LogP contribution in [0.4, 0.5) is 0 Å². The van der Waals surface area contributed by atoms with Crippen molar-refractivity contribution in [3.05, 3.63) is 0 Å². The Morgan fingerprint density at radius 3 is 2.60 bits per heavy atom. The van der Waals surface area contributed by atoms with Crippen molar-refractivity contribution < 1.29 is 9.53 Å². The molecule has 88 valence electrons. The highest BCUT2D eigenvalue weighted by atomic mass is 16.5. The molecule has 1 aliphatic rings. The molecular formula is C11H22N2O2. The maximum atomic E-state index is 11.6. The number of carbonyl (C=O) groups excluding carboxylic acids is 1. The lowest BCUT2D eigenvalue weighted by Gasteiger charge is -2.21. The molecule has 0 unspecified atom stereocenters. The molecule has 0 aromatic heterocycles. The van der Waals surface area contributed by atoms with Crippen molar-refractivity contribution in [3.63, 3.8) is 0 Å². The third kappa shape index (κ3) is 5.14. The highest BCUT2D eigenvalue weighted by molar-refractivity contribution is 5.78. The molecule has 0 spiro atoms. The highest BCUT2D eigenvalue weighted by Crippen LogP contribution is 2.14. The molecule has 0 saturated carbocycles.